The van der Waals surface area contributed by atoms with Gasteiger partial charge in [-0.05, 0) is 54.9 Å². The van der Waals surface area contributed by atoms with E-state index in [0.29, 0.717) is 17.7 Å². The van der Waals surface area contributed by atoms with Crippen molar-refractivity contribution in [1.29, 1.82) is 0 Å². The molecule has 0 unspecified atom stereocenters. The maximum atomic E-state index is 12.2. The maximum absolute atomic E-state index is 12.2. The number of alkyl halides is 3. The fourth-order valence-corrected chi connectivity index (χ4v) is 4.13. The summed E-state index contributed by atoms with van der Waals surface area (Å²) in [6.45, 7) is 4.78. The minimum atomic E-state index is -4.13. The third kappa shape index (κ3) is 5.56. The van der Waals surface area contributed by atoms with Crippen molar-refractivity contribution in [2.75, 3.05) is 26.2 Å². The number of nitrogens with zero attached hydrogens (tertiary/aromatic N) is 1. The molecule has 1 amide bonds. The van der Waals surface area contributed by atoms with Crippen molar-refractivity contribution in [3.05, 3.63) is 34.9 Å². The van der Waals surface area contributed by atoms with E-state index in [1.54, 1.807) is 0 Å². The molecule has 3 aliphatic rings. The number of amides is 1. The minimum Gasteiger partial charge on any atom is -0.494 e. The molecule has 1 heterocycles. The maximum Gasteiger partial charge on any atom is 0.389 e. The lowest BCUT2D eigenvalue weighted by Gasteiger charge is -2.40. The number of carbonyl (C=O) groups is 1. The van der Waals surface area contributed by atoms with Crippen molar-refractivity contribution in [1.82, 2.24) is 10.2 Å². The first-order valence-electron chi connectivity index (χ1n) is 10.8. The number of carbonyl (C=O) groups excluding carboxylic acids is 1. The molecule has 1 N–H and O–H groups in total. The number of rotatable bonds is 8. The lowest BCUT2D eigenvalue weighted by Crippen LogP contribution is -2.54. The van der Waals surface area contributed by atoms with E-state index in [1.165, 1.54) is 11.1 Å². The van der Waals surface area contributed by atoms with Crippen LogP contribution in [0.4, 0.5) is 13.2 Å². The molecular formula is C23H29F3N2O2. The van der Waals surface area contributed by atoms with Crippen LogP contribution in [0, 0.1) is 11.8 Å². The van der Waals surface area contributed by atoms with Gasteiger partial charge in [-0.1, -0.05) is 24.6 Å². The molecule has 0 radical (unpaired) electrons. The van der Waals surface area contributed by atoms with E-state index in [9.17, 15) is 18.0 Å². The van der Waals surface area contributed by atoms with Crippen LogP contribution in [-0.2, 0) is 11.2 Å². The first-order chi connectivity index (χ1) is 14.3. The van der Waals surface area contributed by atoms with Gasteiger partial charge in [-0.2, -0.15) is 13.2 Å². The van der Waals surface area contributed by atoms with Gasteiger partial charge in [0.1, 0.15) is 5.75 Å². The van der Waals surface area contributed by atoms with Gasteiger partial charge in [0.25, 0.3) is 0 Å². The number of hydrogen-bond donors (Lipinski definition) is 1. The van der Waals surface area contributed by atoms with Crippen LogP contribution in [0.15, 0.2) is 23.8 Å². The Morgan fingerprint density at radius 3 is 2.73 bits per heavy atom. The Kier molecular flexibility index (Phi) is 6.09. The van der Waals surface area contributed by atoms with Gasteiger partial charge in [0.15, 0.2) is 0 Å². The summed E-state index contributed by atoms with van der Waals surface area (Å²) in [7, 11) is 0. The van der Waals surface area contributed by atoms with Crippen LogP contribution >= 0.6 is 0 Å². The highest BCUT2D eigenvalue weighted by molar-refractivity contribution is 5.80. The lowest BCUT2D eigenvalue weighted by atomic mass is 9.83. The van der Waals surface area contributed by atoms with Crippen molar-refractivity contribution in [2.45, 2.75) is 51.2 Å². The van der Waals surface area contributed by atoms with Crippen molar-refractivity contribution in [3.63, 3.8) is 0 Å². The van der Waals surface area contributed by atoms with E-state index >= 15 is 0 Å². The Morgan fingerprint density at radius 2 is 2.03 bits per heavy atom. The molecule has 1 aromatic carbocycles. The van der Waals surface area contributed by atoms with Crippen LogP contribution in [0.5, 0.6) is 5.75 Å². The van der Waals surface area contributed by atoms with Gasteiger partial charge in [0, 0.05) is 32.1 Å². The second kappa shape index (κ2) is 8.61. The zero-order valence-electron chi connectivity index (χ0n) is 17.3. The summed E-state index contributed by atoms with van der Waals surface area (Å²) < 4.78 is 42.2. The summed E-state index contributed by atoms with van der Waals surface area (Å²) in [6.07, 6.45) is 0.359. The van der Waals surface area contributed by atoms with Crippen LogP contribution in [0.3, 0.4) is 0 Å². The summed E-state index contributed by atoms with van der Waals surface area (Å²) >= 11 is 0. The Labute approximate surface area is 175 Å². The molecule has 1 aromatic rings. The molecule has 7 heteroatoms. The van der Waals surface area contributed by atoms with Crippen LogP contribution in [0.2, 0.25) is 0 Å². The van der Waals surface area contributed by atoms with Crippen molar-refractivity contribution >= 4 is 12.0 Å². The monoisotopic (exact) mass is 422 g/mol. The number of ether oxygens (including phenoxy) is 1. The van der Waals surface area contributed by atoms with Crippen molar-refractivity contribution < 1.29 is 22.7 Å². The first-order valence-corrected chi connectivity index (χ1v) is 10.8. The average molecular weight is 422 g/mol. The predicted octanol–water partition coefficient (Wildman–Crippen LogP) is 4.19. The second-order valence-electron chi connectivity index (χ2n) is 8.93. The summed E-state index contributed by atoms with van der Waals surface area (Å²) in [6, 6.07) is 6.19. The second-order valence-corrected chi connectivity index (χ2v) is 8.93. The zero-order valence-corrected chi connectivity index (χ0v) is 17.3. The van der Waals surface area contributed by atoms with Gasteiger partial charge >= 0.3 is 6.18 Å². The van der Waals surface area contributed by atoms with Crippen molar-refractivity contribution in [2.24, 2.45) is 11.8 Å². The normalized spacial score (nSPS) is 22.1. The Hall–Kier alpha value is -2.02. The molecule has 4 nitrogen and oxygen atoms in total. The van der Waals surface area contributed by atoms with Gasteiger partial charge in [-0.15, -0.1) is 0 Å². The molecule has 1 aliphatic heterocycles. The van der Waals surface area contributed by atoms with Gasteiger partial charge in [0.05, 0.1) is 12.5 Å². The highest BCUT2D eigenvalue weighted by Gasteiger charge is 2.36. The third-order valence-corrected chi connectivity index (χ3v) is 6.15. The zero-order chi connectivity index (χ0) is 21.3. The fourth-order valence-electron chi connectivity index (χ4n) is 4.13. The number of fused-ring (bicyclic) bond motifs is 1. The summed E-state index contributed by atoms with van der Waals surface area (Å²) in [5.74, 6) is 1.34. The number of halogens is 3. The SMILES string of the molecule is C[C@H]1Cc2cc(OCCCC(F)(F)F)ccc2C=C1CN1CC(C(=O)NC2CC2)C1. The van der Waals surface area contributed by atoms with E-state index in [-0.39, 0.29) is 24.9 Å². The quantitative estimate of drug-likeness (QED) is 0.639. The highest BCUT2D eigenvalue weighted by Crippen LogP contribution is 2.33. The third-order valence-electron chi connectivity index (χ3n) is 6.15. The molecule has 2 aliphatic carbocycles. The predicted molar refractivity (Wildman–Crippen MR) is 109 cm³/mol. The van der Waals surface area contributed by atoms with E-state index in [1.807, 2.05) is 18.2 Å². The molecule has 30 heavy (non-hydrogen) atoms. The molecular weight excluding hydrogens is 393 g/mol. The lowest BCUT2D eigenvalue weighted by molar-refractivity contribution is -0.136. The van der Waals surface area contributed by atoms with E-state index in [2.05, 4.69) is 23.2 Å². The van der Waals surface area contributed by atoms with Gasteiger partial charge in [0.2, 0.25) is 5.91 Å². The molecule has 1 saturated carbocycles. The van der Waals surface area contributed by atoms with E-state index < -0.39 is 12.6 Å². The van der Waals surface area contributed by atoms with E-state index in [0.717, 1.165) is 44.5 Å². The minimum absolute atomic E-state index is 0.0312. The van der Waals surface area contributed by atoms with E-state index in [4.69, 9.17) is 4.74 Å². The molecule has 164 valence electrons. The van der Waals surface area contributed by atoms with Gasteiger partial charge in [-0.25, -0.2) is 0 Å². The van der Waals surface area contributed by atoms with Crippen LogP contribution in [0.25, 0.3) is 6.08 Å². The van der Waals surface area contributed by atoms with Gasteiger partial charge < -0.3 is 10.1 Å². The summed E-state index contributed by atoms with van der Waals surface area (Å²) in [5, 5.41) is 3.08. The number of hydrogen-bond acceptors (Lipinski definition) is 3. The molecule has 4 rings (SSSR count). The molecule has 2 fully saturated rings. The topological polar surface area (TPSA) is 41.6 Å². The Bertz CT molecular complexity index is 811. The Morgan fingerprint density at radius 1 is 1.27 bits per heavy atom. The van der Waals surface area contributed by atoms with Crippen LogP contribution < -0.4 is 10.1 Å². The average Bonchev–Trinajstić information content (AvgIpc) is 3.44. The Balaban J connectivity index is 1.28. The molecule has 0 bridgehead atoms. The number of nitrogens with one attached hydrogen (secondary N) is 1. The number of likely N-dealkylation sites (tertiary alicyclic amines) is 1. The van der Waals surface area contributed by atoms with Gasteiger partial charge in [-0.3, -0.25) is 9.69 Å². The highest BCUT2D eigenvalue weighted by atomic mass is 19.4. The van der Waals surface area contributed by atoms with Crippen LogP contribution in [-0.4, -0.2) is 49.3 Å². The molecule has 0 spiro atoms. The number of benzene rings is 1. The van der Waals surface area contributed by atoms with Crippen molar-refractivity contribution in [3.8, 4) is 5.75 Å². The summed E-state index contributed by atoms with van der Waals surface area (Å²) in [4.78, 5) is 14.4. The summed E-state index contributed by atoms with van der Waals surface area (Å²) in [5.41, 5.74) is 3.68. The molecule has 1 saturated heterocycles. The first kappa shape index (κ1) is 21.2. The molecule has 1 atom stereocenters. The van der Waals surface area contributed by atoms with Crippen LogP contribution in [0.1, 0.15) is 43.7 Å². The largest absolute Gasteiger partial charge is 0.494 e. The molecule has 0 aromatic heterocycles. The fraction of sp³-hybridized carbons (Fsp3) is 0.609. The smallest absolute Gasteiger partial charge is 0.389 e. The standard InChI is InChI=1S/C23H29F3N2O2/c1-15-9-17-11-21(30-8-2-7-23(24,25)26)6-3-16(17)10-18(15)12-28-13-19(14-28)22(29)27-20-4-5-20/h3,6,10-11,15,19-20H,2,4-5,7-9,12-14H2,1H3,(H,27,29)/t15-/m0/s1.